The molecule has 1 aromatic rings. The molecule has 4 heteroatoms. The van der Waals surface area contributed by atoms with E-state index >= 15 is 0 Å². The molecule has 0 aliphatic carbocycles. The normalized spacial score (nSPS) is 10.6. The fourth-order valence-corrected chi connectivity index (χ4v) is 1.81. The molecule has 0 atom stereocenters. The summed E-state index contributed by atoms with van der Waals surface area (Å²) in [5, 5.41) is 7.66. The summed E-state index contributed by atoms with van der Waals surface area (Å²) in [5.41, 5.74) is 1.23. The number of nitrogens with zero attached hydrogens (tertiary/aromatic N) is 2. The van der Waals surface area contributed by atoms with Crippen molar-refractivity contribution in [1.29, 1.82) is 0 Å². The van der Waals surface area contributed by atoms with Crippen LogP contribution in [0.3, 0.4) is 0 Å². The van der Waals surface area contributed by atoms with Crippen LogP contribution in [0.15, 0.2) is 12.4 Å². The molecule has 0 amide bonds. The molecule has 3 nitrogen and oxygen atoms in total. The summed E-state index contributed by atoms with van der Waals surface area (Å²) in [4.78, 5) is 0. The molecule has 16 heavy (non-hydrogen) atoms. The van der Waals surface area contributed by atoms with Gasteiger partial charge < -0.3 is 5.32 Å². The predicted octanol–water partition coefficient (Wildman–Crippen LogP) is 1.92. The highest BCUT2D eigenvalue weighted by Gasteiger charge is 2.00. The highest BCUT2D eigenvalue weighted by Crippen LogP contribution is 2.04. The first-order valence-corrected chi connectivity index (χ1v) is 6.64. The standard InChI is InChI=1S/C12H19N3S/c1-4-6-16-7-5-13-8-12-9-14-15(10-12)11(2)3/h1,9-11,13H,5-8H2,2-3H3. The second-order valence-corrected chi connectivity index (χ2v) is 4.96. The first-order chi connectivity index (χ1) is 7.74. The van der Waals surface area contributed by atoms with Crippen molar-refractivity contribution in [3.63, 3.8) is 0 Å². The quantitative estimate of drug-likeness (QED) is 0.580. The number of aromatic nitrogens is 2. The monoisotopic (exact) mass is 237 g/mol. The highest BCUT2D eigenvalue weighted by molar-refractivity contribution is 7.99. The molecular weight excluding hydrogens is 218 g/mol. The molecule has 88 valence electrons. The Morgan fingerprint density at radius 3 is 3.06 bits per heavy atom. The van der Waals surface area contributed by atoms with E-state index in [9.17, 15) is 0 Å². The van der Waals surface area contributed by atoms with Crippen molar-refractivity contribution in [1.82, 2.24) is 15.1 Å². The minimum absolute atomic E-state index is 0.430. The van der Waals surface area contributed by atoms with Gasteiger partial charge in [-0.15, -0.1) is 18.2 Å². The van der Waals surface area contributed by atoms with Gasteiger partial charge in [0.2, 0.25) is 0 Å². The Hall–Kier alpha value is -0.920. The van der Waals surface area contributed by atoms with Gasteiger partial charge in [0.05, 0.1) is 11.9 Å². The molecule has 0 fully saturated rings. The first-order valence-electron chi connectivity index (χ1n) is 5.49. The lowest BCUT2D eigenvalue weighted by Gasteiger charge is -2.03. The molecule has 0 radical (unpaired) electrons. The van der Waals surface area contributed by atoms with Crippen LogP contribution in [0.1, 0.15) is 25.5 Å². The van der Waals surface area contributed by atoms with Crippen LogP contribution in [-0.4, -0.2) is 27.8 Å². The van der Waals surface area contributed by atoms with E-state index in [-0.39, 0.29) is 0 Å². The number of hydrogen-bond donors (Lipinski definition) is 1. The number of hydrogen-bond acceptors (Lipinski definition) is 3. The van der Waals surface area contributed by atoms with E-state index in [1.165, 1.54) is 5.56 Å². The highest BCUT2D eigenvalue weighted by atomic mass is 32.2. The van der Waals surface area contributed by atoms with E-state index in [0.29, 0.717) is 6.04 Å². The minimum Gasteiger partial charge on any atom is -0.312 e. The molecule has 0 unspecified atom stereocenters. The van der Waals surface area contributed by atoms with Gasteiger partial charge in [-0.25, -0.2) is 0 Å². The van der Waals surface area contributed by atoms with Gasteiger partial charge in [-0.3, -0.25) is 4.68 Å². The molecule has 1 heterocycles. The molecule has 0 saturated heterocycles. The topological polar surface area (TPSA) is 29.9 Å². The van der Waals surface area contributed by atoms with Crippen molar-refractivity contribution in [2.24, 2.45) is 0 Å². The third kappa shape index (κ3) is 4.73. The molecule has 0 aliphatic heterocycles. The third-order valence-electron chi connectivity index (χ3n) is 2.12. The van der Waals surface area contributed by atoms with E-state index in [1.807, 2.05) is 10.9 Å². The lowest BCUT2D eigenvalue weighted by Crippen LogP contribution is -2.16. The van der Waals surface area contributed by atoms with Gasteiger partial charge in [0.1, 0.15) is 0 Å². The lowest BCUT2D eigenvalue weighted by molar-refractivity contribution is 0.531. The van der Waals surface area contributed by atoms with Gasteiger partial charge in [0.25, 0.3) is 0 Å². The Morgan fingerprint density at radius 1 is 1.62 bits per heavy atom. The lowest BCUT2D eigenvalue weighted by atomic mass is 10.3. The minimum atomic E-state index is 0.430. The van der Waals surface area contributed by atoms with Gasteiger partial charge in [0, 0.05) is 36.6 Å². The van der Waals surface area contributed by atoms with E-state index in [2.05, 4.69) is 36.4 Å². The Labute approximate surface area is 102 Å². The number of nitrogens with one attached hydrogen (secondary N) is 1. The molecule has 1 aromatic heterocycles. The maximum absolute atomic E-state index is 5.16. The summed E-state index contributed by atoms with van der Waals surface area (Å²) in [6, 6.07) is 0.430. The van der Waals surface area contributed by atoms with Crippen LogP contribution in [0.4, 0.5) is 0 Å². The van der Waals surface area contributed by atoms with Gasteiger partial charge in [-0.05, 0) is 13.8 Å². The largest absolute Gasteiger partial charge is 0.312 e. The zero-order valence-electron chi connectivity index (χ0n) is 9.94. The van der Waals surface area contributed by atoms with Crippen LogP contribution >= 0.6 is 11.8 Å². The Bertz CT molecular complexity index is 338. The van der Waals surface area contributed by atoms with Gasteiger partial charge in [0.15, 0.2) is 0 Å². The summed E-state index contributed by atoms with van der Waals surface area (Å²) in [6.07, 6.45) is 9.17. The van der Waals surface area contributed by atoms with E-state index in [4.69, 9.17) is 6.42 Å². The average Bonchev–Trinajstić information content (AvgIpc) is 2.72. The average molecular weight is 237 g/mol. The van der Waals surface area contributed by atoms with Crippen molar-refractivity contribution in [2.45, 2.75) is 26.4 Å². The van der Waals surface area contributed by atoms with Crippen LogP contribution < -0.4 is 5.32 Å². The maximum atomic E-state index is 5.16. The Balaban J connectivity index is 2.15. The van der Waals surface area contributed by atoms with Crippen LogP contribution in [-0.2, 0) is 6.54 Å². The number of rotatable bonds is 7. The molecule has 0 aliphatic rings. The van der Waals surface area contributed by atoms with E-state index in [0.717, 1.165) is 24.6 Å². The smallest absolute Gasteiger partial charge is 0.0545 e. The second-order valence-electron chi connectivity index (χ2n) is 3.86. The first kappa shape index (κ1) is 13.1. The molecule has 0 bridgehead atoms. The fraction of sp³-hybridized carbons (Fsp3) is 0.583. The van der Waals surface area contributed by atoms with E-state index in [1.54, 1.807) is 11.8 Å². The SMILES string of the molecule is C#CCSCCNCc1cnn(C(C)C)c1. The molecule has 1 rings (SSSR count). The van der Waals surface area contributed by atoms with Crippen LogP contribution in [0.2, 0.25) is 0 Å². The maximum Gasteiger partial charge on any atom is 0.0545 e. The molecule has 0 saturated carbocycles. The van der Waals surface area contributed by atoms with Crippen LogP contribution in [0.5, 0.6) is 0 Å². The van der Waals surface area contributed by atoms with Crippen molar-refractivity contribution in [3.05, 3.63) is 18.0 Å². The number of thioether (sulfide) groups is 1. The second kappa shape index (κ2) is 7.37. The summed E-state index contributed by atoms with van der Waals surface area (Å²) in [7, 11) is 0. The summed E-state index contributed by atoms with van der Waals surface area (Å²) in [6.45, 7) is 6.11. The van der Waals surface area contributed by atoms with Crippen molar-refractivity contribution in [3.8, 4) is 12.3 Å². The molecular formula is C12H19N3S. The third-order valence-corrected chi connectivity index (χ3v) is 2.99. The fourth-order valence-electron chi connectivity index (χ4n) is 1.26. The van der Waals surface area contributed by atoms with Crippen molar-refractivity contribution in [2.75, 3.05) is 18.1 Å². The van der Waals surface area contributed by atoms with Crippen LogP contribution in [0.25, 0.3) is 0 Å². The number of terminal acetylenes is 1. The van der Waals surface area contributed by atoms with Gasteiger partial charge in [-0.1, -0.05) is 5.92 Å². The van der Waals surface area contributed by atoms with Gasteiger partial charge >= 0.3 is 0 Å². The molecule has 0 spiro atoms. The summed E-state index contributed by atoms with van der Waals surface area (Å²) < 4.78 is 1.98. The summed E-state index contributed by atoms with van der Waals surface area (Å²) >= 11 is 1.78. The molecule has 1 N–H and O–H groups in total. The van der Waals surface area contributed by atoms with Crippen LogP contribution in [0, 0.1) is 12.3 Å². The van der Waals surface area contributed by atoms with E-state index < -0.39 is 0 Å². The molecule has 0 aromatic carbocycles. The van der Waals surface area contributed by atoms with Gasteiger partial charge in [-0.2, -0.15) is 5.10 Å². The zero-order valence-corrected chi connectivity index (χ0v) is 10.8. The summed E-state index contributed by atoms with van der Waals surface area (Å²) in [5.74, 6) is 4.47. The predicted molar refractivity (Wildman–Crippen MR) is 70.5 cm³/mol. The zero-order chi connectivity index (χ0) is 11.8. The van der Waals surface area contributed by atoms with Crippen molar-refractivity contribution < 1.29 is 0 Å². The Kier molecular flexibility index (Phi) is 6.05. The Morgan fingerprint density at radius 2 is 2.44 bits per heavy atom. The van der Waals surface area contributed by atoms with Crippen molar-refractivity contribution >= 4 is 11.8 Å².